The van der Waals surface area contributed by atoms with Crippen LogP contribution in [0, 0.1) is 0 Å². The van der Waals surface area contributed by atoms with E-state index in [0.717, 1.165) is 60.0 Å². The average molecular weight is 362 g/mol. The first kappa shape index (κ1) is 16.1. The molecule has 112 valence electrons. The summed E-state index contributed by atoms with van der Waals surface area (Å²) in [7, 11) is 2.17. The Bertz CT molecular complexity index is 448. The summed E-state index contributed by atoms with van der Waals surface area (Å²) in [6.45, 7) is 8.26. The molecule has 0 bridgehead atoms. The molecule has 1 aliphatic rings. The van der Waals surface area contributed by atoms with Crippen molar-refractivity contribution in [2.75, 3.05) is 46.4 Å². The zero-order valence-corrected chi connectivity index (χ0v) is 14.5. The Hall–Kier alpha value is -0.290. The zero-order chi connectivity index (χ0) is 14.5. The normalized spacial score (nSPS) is 17.4. The number of hydrogen-bond donors (Lipinski definition) is 0. The third-order valence-corrected chi connectivity index (χ3v) is 4.92. The number of hydrogen-bond acceptors (Lipinski definition) is 3. The quantitative estimate of drug-likeness (QED) is 0.800. The standard InChI is InChI=1S/C15H22BrClN2O/c1-3-12-13(16)4-5-14(15(12)17)20-11-10-19-8-6-18(2)7-9-19/h4-5H,3,6-11H2,1-2H3. The van der Waals surface area contributed by atoms with Crippen molar-refractivity contribution in [2.45, 2.75) is 13.3 Å². The third-order valence-electron chi connectivity index (χ3n) is 3.77. The van der Waals surface area contributed by atoms with E-state index in [1.54, 1.807) is 0 Å². The molecule has 0 aromatic heterocycles. The first-order valence-electron chi connectivity index (χ1n) is 7.12. The lowest BCUT2D eigenvalue weighted by Gasteiger charge is -2.32. The number of benzene rings is 1. The molecule has 1 aromatic carbocycles. The first-order valence-corrected chi connectivity index (χ1v) is 8.29. The monoisotopic (exact) mass is 360 g/mol. The summed E-state index contributed by atoms with van der Waals surface area (Å²) < 4.78 is 6.91. The summed E-state index contributed by atoms with van der Waals surface area (Å²) in [4.78, 5) is 4.80. The maximum Gasteiger partial charge on any atom is 0.138 e. The number of piperazine rings is 1. The largest absolute Gasteiger partial charge is 0.491 e. The lowest BCUT2D eigenvalue weighted by molar-refractivity contribution is 0.134. The van der Waals surface area contributed by atoms with Crippen molar-refractivity contribution in [1.29, 1.82) is 0 Å². The van der Waals surface area contributed by atoms with Crippen molar-refractivity contribution >= 4 is 27.5 Å². The number of nitrogens with zero attached hydrogens (tertiary/aromatic N) is 2. The van der Waals surface area contributed by atoms with Gasteiger partial charge in [-0.1, -0.05) is 34.5 Å². The minimum atomic E-state index is 0.689. The SMILES string of the molecule is CCc1c(Br)ccc(OCCN2CCN(C)CC2)c1Cl. The van der Waals surface area contributed by atoms with Gasteiger partial charge < -0.3 is 9.64 Å². The molecule has 1 aliphatic heterocycles. The molecule has 0 radical (unpaired) electrons. The average Bonchev–Trinajstić information content (AvgIpc) is 2.44. The van der Waals surface area contributed by atoms with Crippen LogP contribution in [0.3, 0.4) is 0 Å². The maximum absolute atomic E-state index is 6.38. The van der Waals surface area contributed by atoms with E-state index in [1.807, 2.05) is 12.1 Å². The predicted octanol–water partition coefficient (Wildman–Crippen LogP) is 3.29. The van der Waals surface area contributed by atoms with Crippen LogP contribution in [0.15, 0.2) is 16.6 Å². The van der Waals surface area contributed by atoms with Crippen LogP contribution in [0.25, 0.3) is 0 Å². The molecule has 1 heterocycles. The van der Waals surface area contributed by atoms with Crippen molar-refractivity contribution in [2.24, 2.45) is 0 Å². The van der Waals surface area contributed by atoms with Gasteiger partial charge in [-0.05, 0) is 31.2 Å². The van der Waals surface area contributed by atoms with Gasteiger partial charge in [0.15, 0.2) is 0 Å². The fraction of sp³-hybridized carbons (Fsp3) is 0.600. The second kappa shape index (κ2) is 7.64. The lowest BCUT2D eigenvalue weighted by Crippen LogP contribution is -2.45. The van der Waals surface area contributed by atoms with Crippen molar-refractivity contribution in [3.8, 4) is 5.75 Å². The molecular weight excluding hydrogens is 340 g/mol. The molecule has 3 nitrogen and oxygen atoms in total. The van der Waals surface area contributed by atoms with Gasteiger partial charge in [-0.2, -0.15) is 0 Å². The Labute approximate surface area is 135 Å². The van der Waals surface area contributed by atoms with Gasteiger partial charge in [-0.15, -0.1) is 0 Å². The van der Waals surface area contributed by atoms with Gasteiger partial charge in [0.1, 0.15) is 12.4 Å². The molecule has 1 aromatic rings. The summed E-state index contributed by atoms with van der Waals surface area (Å²) in [6, 6.07) is 3.95. The smallest absolute Gasteiger partial charge is 0.138 e. The lowest BCUT2D eigenvalue weighted by atomic mass is 10.1. The van der Waals surface area contributed by atoms with Crippen LogP contribution in [0.5, 0.6) is 5.75 Å². The van der Waals surface area contributed by atoms with E-state index < -0.39 is 0 Å². The van der Waals surface area contributed by atoms with Crippen LogP contribution in [-0.2, 0) is 6.42 Å². The molecule has 0 spiro atoms. The van der Waals surface area contributed by atoms with Gasteiger partial charge in [0.25, 0.3) is 0 Å². The Morgan fingerprint density at radius 1 is 1.25 bits per heavy atom. The molecule has 20 heavy (non-hydrogen) atoms. The van der Waals surface area contributed by atoms with Crippen molar-refractivity contribution < 1.29 is 4.74 Å². The summed E-state index contributed by atoms with van der Waals surface area (Å²) in [5, 5.41) is 0.736. The molecule has 2 rings (SSSR count). The summed E-state index contributed by atoms with van der Waals surface area (Å²) in [5.74, 6) is 0.792. The molecule has 0 amide bonds. The fourth-order valence-corrected chi connectivity index (χ4v) is 3.45. The molecule has 5 heteroatoms. The minimum Gasteiger partial charge on any atom is -0.491 e. The molecule has 0 unspecified atom stereocenters. The Kier molecular flexibility index (Phi) is 6.15. The highest BCUT2D eigenvalue weighted by atomic mass is 79.9. The molecule has 0 aliphatic carbocycles. The van der Waals surface area contributed by atoms with Crippen molar-refractivity contribution in [1.82, 2.24) is 9.80 Å². The van der Waals surface area contributed by atoms with E-state index in [-0.39, 0.29) is 0 Å². The van der Waals surface area contributed by atoms with E-state index >= 15 is 0 Å². The van der Waals surface area contributed by atoms with Gasteiger partial charge in [-0.25, -0.2) is 0 Å². The summed E-state index contributed by atoms with van der Waals surface area (Å²) in [6.07, 6.45) is 0.898. The molecule has 1 saturated heterocycles. The van der Waals surface area contributed by atoms with Gasteiger partial charge in [0.2, 0.25) is 0 Å². The first-order chi connectivity index (χ1) is 9.61. The van der Waals surface area contributed by atoms with Crippen LogP contribution >= 0.6 is 27.5 Å². The van der Waals surface area contributed by atoms with Gasteiger partial charge in [0, 0.05) is 37.2 Å². The number of likely N-dealkylation sites (N-methyl/N-ethyl adjacent to an activating group) is 1. The molecular formula is C15H22BrClN2O. The number of rotatable bonds is 5. The number of ether oxygens (including phenoxy) is 1. The van der Waals surface area contributed by atoms with E-state index in [1.165, 1.54) is 0 Å². The Morgan fingerprint density at radius 3 is 2.60 bits per heavy atom. The van der Waals surface area contributed by atoms with Crippen LogP contribution in [0.2, 0.25) is 5.02 Å². The number of halogens is 2. The highest BCUT2D eigenvalue weighted by molar-refractivity contribution is 9.10. The second-order valence-corrected chi connectivity index (χ2v) is 6.42. The Morgan fingerprint density at radius 2 is 1.95 bits per heavy atom. The summed E-state index contributed by atoms with van der Waals surface area (Å²) >= 11 is 9.90. The second-order valence-electron chi connectivity index (χ2n) is 5.18. The minimum absolute atomic E-state index is 0.689. The van der Waals surface area contributed by atoms with Crippen LogP contribution in [0.4, 0.5) is 0 Å². The van der Waals surface area contributed by atoms with E-state index in [0.29, 0.717) is 6.61 Å². The molecule has 0 atom stereocenters. The van der Waals surface area contributed by atoms with E-state index in [9.17, 15) is 0 Å². The zero-order valence-electron chi connectivity index (χ0n) is 12.2. The highest BCUT2D eigenvalue weighted by Gasteiger charge is 2.14. The molecule has 1 fully saturated rings. The fourth-order valence-electron chi connectivity index (χ4n) is 2.37. The molecule has 0 N–H and O–H groups in total. The van der Waals surface area contributed by atoms with E-state index in [2.05, 4.69) is 39.7 Å². The predicted molar refractivity (Wildman–Crippen MR) is 88.0 cm³/mol. The van der Waals surface area contributed by atoms with Gasteiger partial charge in [0.05, 0.1) is 5.02 Å². The van der Waals surface area contributed by atoms with Gasteiger partial charge >= 0.3 is 0 Å². The highest BCUT2D eigenvalue weighted by Crippen LogP contribution is 2.33. The van der Waals surface area contributed by atoms with Crippen molar-refractivity contribution in [3.05, 3.63) is 27.2 Å². The van der Waals surface area contributed by atoms with Crippen LogP contribution < -0.4 is 4.74 Å². The molecule has 0 saturated carbocycles. The third kappa shape index (κ3) is 4.10. The van der Waals surface area contributed by atoms with Crippen LogP contribution in [0.1, 0.15) is 12.5 Å². The topological polar surface area (TPSA) is 15.7 Å². The van der Waals surface area contributed by atoms with Crippen molar-refractivity contribution in [3.63, 3.8) is 0 Å². The van der Waals surface area contributed by atoms with Gasteiger partial charge in [-0.3, -0.25) is 4.90 Å². The maximum atomic E-state index is 6.38. The van der Waals surface area contributed by atoms with Crippen LogP contribution in [-0.4, -0.2) is 56.2 Å². The Balaban J connectivity index is 1.85. The van der Waals surface area contributed by atoms with E-state index in [4.69, 9.17) is 16.3 Å². The summed E-state index contributed by atoms with van der Waals surface area (Å²) in [5.41, 5.74) is 1.11.